The minimum atomic E-state index is -0.323. The average molecular weight is 351 g/mol. The summed E-state index contributed by atoms with van der Waals surface area (Å²) in [6.45, 7) is 4.25. The second-order valence-corrected chi connectivity index (χ2v) is 7.87. The predicted octanol–water partition coefficient (Wildman–Crippen LogP) is 4.41. The van der Waals surface area contributed by atoms with Crippen molar-refractivity contribution in [2.75, 3.05) is 7.05 Å². The highest BCUT2D eigenvalue weighted by Gasteiger charge is 2.45. The summed E-state index contributed by atoms with van der Waals surface area (Å²) in [7, 11) is 1.68. The minimum absolute atomic E-state index is 0.00591. The molecule has 1 aromatic heterocycles. The number of nitrogens with zero attached hydrogens (tertiary/aromatic N) is 2. The molecular formula is C20H21N3OS. The molecule has 4 nitrogen and oxygen atoms in total. The highest BCUT2D eigenvalue weighted by atomic mass is 32.1. The van der Waals surface area contributed by atoms with Crippen molar-refractivity contribution < 1.29 is 4.79 Å². The van der Waals surface area contributed by atoms with E-state index in [0.717, 1.165) is 16.0 Å². The third-order valence-electron chi connectivity index (χ3n) is 5.25. The molecule has 0 aliphatic carbocycles. The molecule has 0 spiro atoms. The number of hydrogen-bond acceptors (Lipinski definition) is 4. The van der Waals surface area contributed by atoms with Gasteiger partial charge in [0.05, 0.1) is 11.6 Å². The lowest BCUT2D eigenvalue weighted by atomic mass is 9.68. The summed E-state index contributed by atoms with van der Waals surface area (Å²) in [5.74, 6) is 0.639. The van der Waals surface area contributed by atoms with Gasteiger partial charge in [-0.25, -0.2) is 0 Å². The first kappa shape index (κ1) is 17.4. The number of benzene rings is 1. The molecule has 1 aliphatic heterocycles. The molecule has 1 aliphatic rings. The highest BCUT2D eigenvalue weighted by Crippen LogP contribution is 2.46. The number of rotatable bonds is 3. The predicted molar refractivity (Wildman–Crippen MR) is 101 cm³/mol. The molecule has 1 amide bonds. The van der Waals surface area contributed by atoms with E-state index in [-0.39, 0.29) is 17.2 Å². The van der Waals surface area contributed by atoms with Gasteiger partial charge < -0.3 is 4.90 Å². The lowest BCUT2D eigenvalue weighted by Crippen LogP contribution is -2.49. The number of piperidine rings is 1. The summed E-state index contributed by atoms with van der Waals surface area (Å²) in [6.07, 6.45) is 1.01. The van der Waals surface area contributed by atoms with Crippen LogP contribution in [-0.2, 0) is 10.2 Å². The second-order valence-electron chi connectivity index (χ2n) is 6.96. The Bertz CT molecular complexity index is 857. The number of likely N-dealkylation sites (tertiary alicyclic amines) is 1. The number of amides is 1. The van der Waals surface area contributed by atoms with Gasteiger partial charge in [0, 0.05) is 30.2 Å². The number of hydrogen-bond donors (Lipinski definition) is 1. The number of carbonyl (C=O) groups excluding carboxylic acids is 1. The molecule has 2 heterocycles. The summed E-state index contributed by atoms with van der Waals surface area (Å²) in [6, 6.07) is 11.9. The van der Waals surface area contributed by atoms with Gasteiger partial charge in [-0.3, -0.25) is 10.2 Å². The number of carbonyl (C=O) groups is 1. The van der Waals surface area contributed by atoms with E-state index in [1.165, 1.54) is 4.90 Å². The van der Waals surface area contributed by atoms with Crippen molar-refractivity contribution in [3.8, 4) is 17.2 Å². The third-order valence-corrected chi connectivity index (χ3v) is 6.40. The Labute approximate surface area is 152 Å². The van der Waals surface area contributed by atoms with E-state index in [9.17, 15) is 4.79 Å². The fourth-order valence-electron chi connectivity index (χ4n) is 3.40. The zero-order chi connectivity index (χ0) is 18.2. The van der Waals surface area contributed by atoms with Crippen molar-refractivity contribution in [2.24, 2.45) is 5.92 Å². The van der Waals surface area contributed by atoms with E-state index < -0.39 is 0 Å². The molecule has 1 fully saturated rings. The van der Waals surface area contributed by atoms with Crippen LogP contribution in [0.1, 0.15) is 37.1 Å². The molecule has 0 radical (unpaired) electrons. The fourth-order valence-corrected chi connectivity index (χ4v) is 4.67. The topological polar surface area (TPSA) is 68.0 Å². The van der Waals surface area contributed by atoms with Crippen LogP contribution in [0, 0.1) is 22.7 Å². The number of nitriles is 1. The Morgan fingerprint density at radius 1 is 1.28 bits per heavy atom. The highest BCUT2D eigenvalue weighted by molar-refractivity contribution is 7.10. The van der Waals surface area contributed by atoms with Gasteiger partial charge in [0.15, 0.2) is 0 Å². The van der Waals surface area contributed by atoms with E-state index in [1.807, 2.05) is 18.2 Å². The van der Waals surface area contributed by atoms with Crippen LogP contribution in [0.2, 0.25) is 0 Å². The summed E-state index contributed by atoms with van der Waals surface area (Å²) < 4.78 is 0. The first-order valence-electron chi connectivity index (χ1n) is 8.31. The Morgan fingerprint density at radius 3 is 2.68 bits per heavy atom. The van der Waals surface area contributed by atoms with Crippen LogP contribution in [-0.4, -0.2) is 23.7 Å². The SMILES string of the molecule is CC(C)C1(c2cc(-c3cccc(C#N)c3)cs2)CC(=N)N(C)C(=O)C1. The molecule has 1 N–H and O–H groups in total. The summed E-state index contributed by atoms with van der Waals surface area (Å²) in [5.41, 5.74) is 2.39. The Kier molecular flexibility index (Phi) is 4.49. The Balaban J connectivity index is 2.02. The molecule has 1 saturated heterocycles. The second kappa shape index (κ2) is 6.45. The van der Waals surface area contributed by atoms with Crippen molar-refractivity contribution in [1.82, 2.24) is 4.90 Å². The molecule has 5 heteroatoms. The quantitative estimate of drug-likeness (QED) is 0.890. The summed E-state index contributed by atoms with van der Waals surface area (Å²) in [5, 5.41) is 19.4. The van der Waals surface area contributed by atoms with Crippen LogP contribution in [0.3, 0.4) is 0 Å². The van der Waals surface area contributed by atoms with Gasteiger partial charge in [-0.2, -0.15) is 5.26 Å². The molecule has 1 atom stereocenters. The zero-order valence-electron chi connectivity index (χ0n) is 14.7. The van der Waals surface area contributed by atoms with Crippen molar-refractivity contribution in [2.45, 2.75) is 32.1 Å². The number of amidine groups is 1. The molecule has 0 bridgehead atoms. The van der Waals surface area contributed by atoms with Gasteiger partial charge in [0.25, 0.3) is 0 Å². The first-order valence-corrected chi connectivity index (χ1v) is 9.19. The monoisotopic (exact) mass is 351 g/mol. The maximum Gasteiger partial charge on any atom is 0.228 e. The van der Waals surface area contributed by atoms with Crippen molar-refractivity contribution in [3.05, 3.63) is 46.2 Å². The van der Waals surface area contributed by atoms with Gasteiger partial charge in [0.2, 0.25) is 5.91 Å². The van der Waals surface area contributed by atoms with Crippen LogP contribution in [0.4, 0.5) is 0 Å². The van der Waals surface area contributed by atoms with Crippen molar-refractivity contribution in [1.29, 1.82) is 10.7 Å². The fraction of sp³-hybridized carbons (Fsp3) is 0.350. The van der Waals surface area contributed by atoms with Crippen LogP contribution in [0.25, 0.3) is 11.1 Å². The van der Waals surface area contributed by atoms with Crippen LogP contribution in [0.5, 0.6) is 0 Å². The van der Waals surface area contributed by atoms with Crippen molar-refractivity contribution in [3.63, 3.8) is 0 Å². The summed E-state index contributed by atoms with van der Waals surface area (Å²) >= 11 is 1.65. The Hall–Kier alpha value is -2.45. The van der Waals surface area contributed by atoms with E-state index >= 15 is 0 Å². The smallest absolute Gasteiger partial charge is 0.228 e. The van der Waals surface area contributed by atoms with Crippen molar-refractivity contribution >= 4 is 23.1 Å². The largest absolute Gasteiger partial charge is 0.304 e. The lowest BCUT2D eigenvalue weighted by Gasteiger charge is -2.42. The van der Waals surface area contributed by atoms with E-state index in [1.54, 1.807) is 24.5 Å². The Morgan fingerprint density at radius 2 is 2.04 bits per heavy atom. The molecular weight excluding hydrogens is 330 g/mol. The zero-order valence-corrected chi connectivity index (χ0v) is 15.5. The molecule has 2 aromatic rings. The van der Waals surface area contributed by atoms with Gasteiger partial charge in [-0.15, -0.1) is 11.3 Å². The molecule has 1 unspecified atom stereocenters. The van der Waals surface area contributed by atoms with Gasteiger partial charge in [-0.1, -0.05) is 26.0 Å². The normalized spacial score (nSPS) is 20.8. The lowest BCUT2D eigenvalue weighted by molar-refractivity contribution is -0.129. The van der Waals surface area contributed by atoms with Gasteiger partial charge in [-0.05, 0) is 40.6 Å². The molecule has 0 saturated carbocycles. The van der Waals surface area contributed by atoms with E-state index in [4.69, 9.17) is 10.7 Å². The minimum Gasteiger partial charge on any atom is -0.304 e. The molecule has 3 rings (SSSR count). The molecule has 128 valence electrons. The summed E-state index contributed by atoms with van der Waals surface area (Å²) in [4.78, 5) is 15.0. The van der Waals surface area contributed by atoms with E-state index in [0.29, 0.717) is 24.2 Å². The van der Waals surface area contributed by atoms with Crippen LogP contribution < -0.4 is 0 Å². The molecule has 25 heavy (non-hydrogen) atoms. The average Bonchev–Trinajstić information content (AvgIpc) is 3.09. The molecule has 1 aromatic carbocycles. The first-order chi connectivity index (χ1) is 11.9. The maximum absolute atomic E-state index is 12.4. The number of thiophene rings is 1. The van der Waals surface area contributed by atoms with Gasteiger partial charge in [0.1, 0.15) is 5.84 Å². The van der Waals surface area contributed by atoms with Crippen LogP contribution in [0.15, 0.2) is 35.7 Å². The van der Waals surface area contributed by atoms with Crippen LogP contribution >= 0.6 is 11.3 Å². The maximum atomic E-state index is 12.4. The third kappa shape index (κ3) is 2.98. The van der Waals surface area contributed by atoms with Gasteiger partial charge >= 0.3 is 0 Å². The van der Waals surface area contributed by atoms with E-state index in [2.05, 4.69) is 31.4 Å². The number of nitrogens with one attached hydrogen (secondary N) is 1. The standard InChI is InChI=1S/C20H21N3OS/c1-13(2)20(9-18(22)23(3)19(24)10-20)17-8-16(12-25-17)15-6-4-5-14(7-15)11-21/h4-8,12-13,22H,9-10H2,1-3H3.